The second kappa shape index (κ2) is 5.34. The third kappa shape index (κ3) is 3.08. The van der Waals surface area contributed by atoms with Gasteiger partial charge in [-0.05, 0) is 31.2 Å². The van der Waals surface area contributed by atoms with Crippen molar-refractivity contribution in [2.75, 3.05) is 7.05 Å². The van der Waals surface area contributed by atoms with Gasteiger partial charge in [0.25, 0.3) is 0 Å². The van der Waals surface area contributed by atoms with E-state index in [2.05, 4.69) is 16.5 Å². The van der Waals surface area contributed by atoms with Crippen LogP contribution in [0.25, 0.3) is 0 Å². The Labute approximate surface area is 106 Å². The van der Waals surface area contributed by atoms with Crippen LogP contribution in [0.15, 0.2) is 36.7 Å². The Morgan fingerprint density at radius 3 is 2.88 bits per heavy atom. The van der Waals surface area contributed by atoms with E-state index in [0.29, 0.717) is 0 Å². The van der Waals surface area contributed by atoms with Crippen LogP contribution in [0.4, 0.5) is 0 Å². The number of halogens is 1. The molecule has 90 valence electrons. The van der Waals surface area contributed by atoms with Gasteiger partial charge in [0.2, 0.25) is 0 Å². The summed E-state index contributed by atoms with van der Waals surface area (Å²) in [6, 6.07) is 8.23. The molecule has 0 spiro atoms. The minimum Gasteiger partial charge on any atom is -0.313 e. The highest BCUT2D eigenvalue weighted by Crippen LogP contribution is 2.19. The molecule has 2 rings (SSSR count). The third-order valence-electron chi connectivity index (χ3n) is 2.80. The van der Waals surface area contributed by atoms with E-state index in [4.69, 9.17) is 11.6 Å². The Hall–Kier alpha value is -1.32. The molecule has 0 aliphatic rings. The van der Waals surface area contributed by atoms with E-state index < -0.39 is 0 Å². The van der Waals surface area contributed by atoms with Crippen molar-refractivity contribution >= 4 is 11.6 Å². The monoisotopic (exact) mass is 249 g/mol. The van der Waals surface area contributed by atoms with E-state index >= 15 is 0 Å². The van der Waals surface area contributed by atoms with Gasteiger partial charge in [-0.2, -0.15) is 5.10 Å². The van der Waals surface area contributed by atoms with Gasteiger partial charge < -0.3 is 5.32 Å². The molecule has 1 heterocycles. The Balaban J connectivity index is 2.15. The molecule has 1 aromatic carbocycles. The van der Waals surface area contributed by atoms with Crippen LogP contribution in [-0.4, -0.2) is 16.8 Å². The average molecular weight is 250 g/mol. The van der Waals surface area contributed by atoms with Crippen molar-refractivity contribution in [3.8, 4) is 0 Å². The quantitative estimate of drug-likeness (QED) is 0.903. The molecule has 2 aromatic rings. The standard InChI is InChI=1S/C13H16ClN3/c1-15-13(11-8-16-17(2)9-11)7-10-4-3-5-12(14)6-10/h3-6,8-9,13,15H,7H2,1-2H3. The highest BCUT2D eigenvalue weighted by atomic mass is 35.5. The SMILES string of the molecule is CNC(Cc1cccc(Cl)c1)c1cnn(C)c1. The molecule has 0 bridgehead atoms. The molecular weight excluding hydrogens is 234 g/mol. The van der Waals surface area contributed by atoms with Gasteiger partial charge in [0.15, 0.2) is 0 Å². The van der Waals surface area contributed by atoms with Crippen molar-refractivity contribution in [1.82, 2.24) is 15.1 Å². The van der Waals surface area contributed by atoms with Crippen molar-refractivity contribution < 1.29 is 0 Å². The molecular formula is C13H16ClN3. The number of aromatic nitrogens is 2. The molecule has 0 radical (unpaired) electrons. The van der Waals surface area contributed by atoms with Crippen LogP contribution in [0.5, 0.6) is 0 Å². The van der Waals surface area contributed by atoms with Gasteiger partial charge in [-0.3, -0.25) is 4.68 Å². The summed E-state index contributed by atoms with van der Waals surface area (Å²) in [6.45, 7) is 0. The van der Waals surface area contributed by atoms with E-state index in [1.54, 1.807) is 0 Å². The fourth-order valence-corrected chi connectivity index (χ4v) is 2.12. The maximum absolute atomic E-state index is 5.98. The summed E-state index contributed by atoms with van der Waals surface area (Å²) in [5.74, 6) is 0. The zero-order valence-electron chi connectivity index (χ0n) is 10.0. The lowest BCUT2D eigenvalue weighted by molar-refractivity contribution is 0.591. The molecule has 0 amide bonds. The van der Waals surface area contributed by atoms with Crippen molar-refractivity contribution in [3.05, 3.63) is 52.8 Å². The van der Waals surface area contributed by atoms with Crippen molar-refractivity contribution in [3.63, 3.8) is 0 Å². The summed E-state index contributed by atoms with van der Waals surface area (Å²) in [5.41, 5.74) is 2.41. The van der Waals surface area contributed by atoms with Gasteiger partial charge in [-0.25, -0.2) is 0 Å². The summed E-state index contributed by atoms with van der Waals surface area (Å²) in [6.07, 6.45) is 4.83. The van der Waals surface area contributed by atoms with Crippen LogP contribution in [0.1, 0.15) is 17.2 Å². The molecule has 0 fully saturated rings. The second-order valence-electron chi connectivity index (χ2n) is 4.12. The molecule has 1 unspecified atom stereocenters. The lowest BCUT2D eigenvalue weighted by Crippen LogP contribution is -2.18. The molecule has 0 saturated heterocycles. The summed E-state index contributed by atoms with van der Waals surface area (Å²) >= 11 is 5.98. The fourth-order valence-electron chi connectivity index (χ4n) is 1.91. The molecule has 4 heteroatoms. The molecule has 0 saturated carbocycles. The van der Waals surface area contributed by atoms with Crippen LogP contribution in [0, 0.1) is 0 Å². The van der Waals surface area contributed by atoms with E-state index in [1.165, 1.54) is 11.1 Å². The van der Waals surface area contributed by atoms with Gasteiger partial charge in [0.1, 0.15) is 0 Å². The minimum atomic E-state index is 0.266. The molecule has 3 nitrogen and oxygen atoms in total. The van der Waals surface area contributed by atoms with Gasteiger partial charge in [0, 0.05) is 29.9 Å². The highest BCUT2D eigenvalue weighted by molar-refractivity contribution is 6.30. The maximum atomic E-state index is 5.98. The number of hydrogen-bond donors (Lipinski definition) is 1. The lowest BCUT2D eigenvalue weighted by Gasteiger charge is -2.14. The third-order valence-corrected chi connectivity index (χ3v) is 3.04. The van der Waals surface area contributed by atoms with Gasteiger partial charge in [-0.15, -0.1) is 0 Å². The number of benzene rings is 1. The summed E-state index contributed by atoms with van der Waals surface area (Å²) < 4.78 is 1.82. The Bertz CT molecular complexity index is 493. The van der Waals surface area contributed by atoms with Crippen molar-refractivity contribution in [2.45, 2.75) is 12.5 Å². The first-order valence-electron chi connectivity index (χ1n) is 5.59. The van der Waals surface area contributed by atoms with Gasteiger partial charge >= 0.3 is 0 Å². The molecule has 0 aliphatic carbocycles. The number of nitrogens with zero attached hydrogens (tertiary/aromatic N) is 2. The molecule has 1 N–H and O–H groups in total. The predicted molar refractivity (Wildman–Crippen MR) is 70.2 cm³/mol. The van der Waals surface area contributed by atoms with Crippen molar-refractivity contribution in [1.29, 1.82) is 0 Å². The minimum absolute atomic E-state index is 0.266. The number of nitrogens with one attached hydrogen (secondary N) is 1. The summed E-state index contributed by atoms with van der Waals surface area (Å²) in [4.78, 5) is 0. The molecule has 17 heavy (non-hydrogen) atoms. The first-order valence-corrected chi connectivity index (χ1v) is 5.97. The van der Waals surface area contributed by atoms with Crippen LogP contribution in [0.3, 0.4) is 0 Å². The van der Waals surface area contributed by atoms with Crippen LogP contribution < -0.4 is 5.32 Å². The smallest absolute Gasteiger partial charge is 0.0537 e. The normalized spacial score (nSPS) is 12.6. The number of aryl methyl sites for hydroxylation is 1. The van der Waals surface area contributed by atoms with Crippen LogP contribution >= 0.6 is 11.6 Å². The van der Waals surface area contributed by atoms with Crippen LogP contribution in [0.2, 0.25) is 5.02 Å². The van der Waals surface area contributed by atoms with E-state index in [1.807, 2.05) is 49.4 Å². The number of rotatable bonds is 4. The second-order valence-corrected chi connectivity index (χ2v) is 4.56. The largest absolute Gasteiger partial charge is 0.313 e. The topological polar surface area (TPSA) is 29.9 Å². The summed E-state index contributed by atoms with van der Waals surface area (Å²) in [5, 5.41) is 8.28. The average Bonchev–Trinajstić information content (AvgIpc) is 2.73. The Morgan fingerprint density at radius 1 is 1.47 bits per heavy atom. The highest BCUT2D eigenvalue weighted by Gasteiger charge is 2.11. The first kappa shape index (κ1) is 12.1. The van der Waals surface area contributed by atoms with Gasteiger partial charge in [0.05, 0.1) is 6.20 Å². The Kier molecular flexibility index (Phi) is 3.82. The van der Waals surface area contributed by atoms with E-state index in [-0.39, 0.29) is 6.04 Å². The van der Waals surface area contributed by atoms with E-state index in [0.717, 1.165) is 11.4 Å². The van der Waals surface area contributed by atoms with Crippen molar-refractivity contribution in [2.24, 2.45) is 7.05 Å². The zero-order valence-corrected chi connectivity index (χ0v) is 10.8. The number of likely N-dealkylation sites (N-methyl/N-ethyl adjacent to an activating group) is 1. The molecule has 1 aromatic heterocycles. The lowest BCUT2D eigenvalue weighted by atomic mass is 10.0. The predicted octanol–water partition coefficient (Wildman–Crippen LogP) is 2.58. The van der Waals surface area contributed by atoms with Gasteiger partial charge in [-0.1, -0.05) is 23.7 Å². The molecule has 0 aliphatic heterocycles. The van der Waals surface area contributed by atoms with E-state index in [9.17, 15) is 0 Å². The summed E-state index contributed by atoms with van der Waals surface area (Å²) in [7, 11) is 3.89. The Morgan fingerprint density at radius 2 is 2.29 bits per heavy atom. The zero-order chi connectivity index (χ0) is 12.3. The maximum Gasteiger partial charge on any atom is 0.0537 e. The first-order chi connectivity index (χ1) is 8.19. The number of hydrogen-bond acceptors (Lipinski definition) is 2. The fraction of sp³-hybridized carbons (Fsp3) is 0.308. The molecule has 1 atom stereocenters. The van der Waals surface area contributed by atoms with Crippen LogP contribution in [-0.2, 0) is 13.5 Å².